The lowest BCUT2D eigenvalue weighted by atomic mass is 10.1. The van der Waals surface area contributed by atoms with Gasteiger partial charge in [0.15, 0.2) is 5.82 Å². The normalized spacial score (nSPS) is 11.9. The minimum Gasteiger partial charge on any atom is -0.368 e. The molecule has 0 amide bonds. The second-order valence-electron chi connectivity index (χ2n) is 4.03. The van der Waals surface area contributed by atoms with Crippen molar-refractivity contribution in [2.45, 2.75) is 30.3 Å². The summed E-state index contributed by atoms with van der Waals surface area (Å²) >= 11 is 1.35. The summed E-state index contributed by atoms with van der Waals surface area (Å²) in [5.41, 5.74) is 10.6. The third-order valence-corrected chi connectivity index (χ3v) is 2.68. The SMILES string of the molecule is CC(C)(N)c1noc(CSc2n[nH]c(N)n2)n1. The van der Waals surface area contributed by atoms with Crippen LogP contribution in [-0.2, 0) is 11.3 Å². The van der Waals surface area contributed by atoms with Gasteiger partial charge < -0.3 is 16.0 Å². The van der Waals surface area contributed by atoms with Gasteiger partial charge >= 0.3 is 0 Å². The van der Waals surface area contributed by atoms with Crippen LogP contribution in [0, 0.1) is 0 Å². The molecule has 0 radical (unpaired) electrons. The molecule has 0 unspecified atom stereocenters. The van der Waals surface area contributed by atoms with Crippen molar-refractivity contribution >= 4 is 17.7 Å². The standard InChI is InChI=1S/C8H13N7OS/c1-8(2,10)5-11-4(16-15-5)3-17-7-12-6(9)13-14-7/h3,10H2,1-2H3,(H3,9,12,13,14). The van der Waals surface area contributed by atoms with Crippen LogP contribution in [0.2, 0.25) is 0 Å². The molecule has 0 spiro atoms. The van der Waals surface area contributed by atoms with Crippen molar-refractivity contribution in [1.29, 1.82) is 0 Å². The second-order valence-corrected chi connectivity index (χ2v) is 4.97. The van der Waals surface area contributed by atoms with Crippen LogP contribution in [0.25, 0.3) is 0 Å². The molecule has 8 nitrogen and oxygen atoms in total. The van der Waals surface area contributed by atoms with E-state index in [1.807, 2.05) is 13.8 Å². The van der Waals surface area contributed by atoms with Gasteiger partial charge in [-0.1, -0.05) is 16.9 Å². The molecule has 2 heterocycles. The zero-order valence-electron chi connectivity index (χ0n) is 9.47. The second kappa shape index (κ2) is 4.34. The minimum absolute atomic E-state index is 0.279. The van der Waals surface area contributed by atoms with Crippen LogP contribution in [0.4, 0.5) is 5.95 Å². The van der Waals surface area contributed by atoms with Crippen molar-refractivity contribution in [1.82, 2.24) is 25.3 Å². The van der Waals surface area contributed by atoms with Gasteiger partial charge in [0.2, 0.25) is 17.0 Å². The van der Waals surface area contributed by atoms with Crippen LogP contribution in [0.1, 0.15) is 25.6 Å². The first-order chi connectivity index (χ1) is 7.95. The summed E-state index contributed by atoms with van der Waals surface area (Å²) < 4.78 is 5.06. The lowest BCUT2D eigenvalue weighted by Gasteiger charge is -2.11. The van der Waals surface area contributed by atoms with Crippen molar-refractivity contribution < 1.29 is 4.52 Å². The molecule has 2 rings (SSSR count). The van der Waals surface area contributed by atoms with E-state index in [4.69, 9.17) is 16.0 Å². The van der Waals surface area contributed by atoms with Gasteiger partial charge in [-0.2, -0.15) is 9.97 Å². The summed E-state index contributed by atoms with van der Waals surface area (Å²) in [7, 11) is 0. The Morgan fingerprint density at radius 2 is 2.18 bits per heavy atom. The maximum absolute atomic E-state index is 5.84. The molecular weight excluding hydrogens is 242 g/mol. The van der Waals surface area contributed by atoms with Gasteiger partial charge in [-0.25, -0.2) is 5.10 Å². The topological polar surface area (TPSA) is 133 Å². The van der Waals surface area contributed by atoms with Gasteiger partial charge in [-0.05, 0) is 13.8 Å². The van der Waals surface area contributed by atoms with E-state index in [0.717, 1.165) is 0 Å². The molecular formula is C8H13N7OS. The van der Waals surface area contributed by atoms with E-state index < -0.39 is 5.54 Å². The van der Waals surface area contributed by atoms with Gasteiger partial charge in [-0.15, -0.1) is 5.10 Å². The van der Waals surface area contributed by atoms with E-state index in [-0.39, 0.29) is 5.95 Å². The summed E-state index contributed by atoms with van der Waals surface area (Å²) in [6, 6.07) is 0. The molecule has 0 aliphatic heterocycles. The van der Waals surface area contributed by atoms with Gasteiger partial charge in [0.1, 0.15) is 0 Å². The van der Waals surface area contributed by atoms with Crippen LogP contribution in [0.15, 0.2) is 9.68 Å². The summed E-state index contributed by atoms with van der Waals surface area (Å²) in [4.78, 5) is 8.12. The zero-order valence-corrected chi connectivity index (χ0v) is 10.3. The predicted octanol–water partition coefficient (Wildman–Crippen LogP) is 0.256. The van der Waals surface area contributed by atoms with Crippen LogP contribution in [0.5, 0.6) is 0 Å². The number of nitrogens with two attached hydrogens (primary N) is 2. The van der Waals surface area contributed by atoms with Crippen LogP contribution < -0.4 is 11.5 Å². The molecule has 9 heteroatoms. The first kappa shape index (κ1) is 11.9. The van der Waals surface area contributed by atoms with E-state index in [9.17, 15) is 0 Å². The number of anilines is 1. The molecule has 0 aliphatic rings. The molecule has 0 saturated heterocycles. The number of nitrogen functional groups attached to an aromatic ring is 1. The fourth-order valence-electron chi connectivity index (χ4n) is 1.02. The first-order valence-corrected chi connectivity index (χ1v) is 5.86. The number of aromatic nitrogens is 5. The predicted molar refractivity (Wildman–Crippen MR) is 61.9 cm³/mol. The fourth-order valence-corrected chi connectivity index (χ4v) is 1.67. The highest BCUT2D eigenvalue weighted by atomic mass is 32.2. The number of hydrogen-bond donors (Lipinski definition) is 3. The summed E-state index contributed by atoms with van der Waals surface area (Å²) in [6.45, 7) is 3.62. The quantitative estimate of drug-likeness (QED) is 0.662. The Hall–Kier alpha value is -1.61. The molecule has 0 aliphatic carbocycles. The molecule has 0 bridgehead atoms. The third-order valence-electron chi connectivity index (χ3n) is 1.85. The largest absolute Gasteiger partial charge is 0.368 e. The lowest BCUT2D eigenvalue weighted by molar-refractivity contribution is 0.369. The Morgan fingerprint density at radius 3 is 2.71 bits per heavy atom. The number of hydrogen-bond acceptors (Lipinski definition) is 8. The van der Waals surface area contributed by atoms with E-state index >= 15 is 0 Å². The monoisotopic (exact) mass is 255 g/mol. The summed E-state index contributed by atoms with van der Waals surface area (Å²) in [5.74, 6) is 1.71. The number of nitrogens with one attached hydrogen (secondary N) is 1. The van der Waals surface area contributed by atoms with Gasteiger partial charge in [-0.3, -0.25) is 0 Å². The maximum Gasteiger partial charge on any atom is 0.237 e. The van der Waals surface area contributed by atoms with E-state index in [0.29, 0.717) is 22.6 Å². The van der Waals surface area contributed by atoms with Crippen molar-refractivity contribution in [3.63, 3.8) is 0 Å². The van der Waals surface area contributed by atoms with Crippen molar-refractivity contribution in [3.8, 4) is 0 Å². The molecule has 2 aromatic heterocycles. The average Bonchev–Trinajstić information content (AvgIpc) is 2.82. The molecule has 2 aromatic rings. The zero-order chi connectivity index (χ0) is 12.5. The number of H-pyrrole nitrogens is 1. The smallest absolute Gasteiger partial charge is 0.237 e. The van der Waals surface area contributed by atoms with Gasteiger partial charge in [0.05, 0.1) is 11.3 Å². The third kappa shape index (κ3) is 2.94. The number of rotatable bonds is 4. The van der Waals surface area contributed by atoms with Gasteiger partial charge in [0.25, 0.3) is 0 Å². The van der Waals surface area contributed by atoms with Crippen LogP contribution in [-0.4, -0.2) is 25.3 Å². The Bertz CT molecular complexity index is 500. The highest BCUT2D eigenvalue weighted by molar-refractivity contribution is 7.98. The molecule has 0 aromatic carbocycles. The Morgan fingerprint density at radius 1 is 1.41 bits per heavy atom. The number of aromatic amines is 1. The summed E-state index contributed by atoms with van der Waals surface area (Å²) in [6.07, 6.45) is 0. The van der Waals surface area contributed by atoms with E-state index in [2.05, 4.69) is 25.3 Å². The molecule has 0 atom stereocenters. The Labute approximate surface area is 102 Å². The number of nitrogens with zero attached hydrogens (tertiary/aromatic N) is 4. The molecule has 5 N–H and O–H groups in total. The lowest BCUT2D eigenvalue weighted by Crippen LogP contribution is -2.30. The Balaban J connectivity index is 1.98. The van der Waals surface area contributed by atoms with Gasteiger partial charge in [0, 0.05) is 0 Å². The fraction of sp³-hybridized carbons (Fsp3) is 0.500. The highest BCUT2D eigenvalue weighted by Crippen LogP contribution is 2.20. The van der Waals surface area contributed by atoms with Crippen molar-refractivity contribution in [2.75, 3.05) is 5.73 Å². The molecule has 0 saturated carbocycles. The first-order valence-electron chi connectivity index (χ1n) is 4.88. The maximum atomic E-state index is 5.84. The van der Waals surface area contributed by atoms with Crippen molar-refractivity contribution in [2.24, 2.45) is 5.73 Å². The number of thioether (sulfide) groups is 1. The Kier molecular flexibility index (Phi) is 3.03. The van der Waals surface area contributed by atoms with Crippen LogP contribution in [0.3, 0.4) is 0 Å². The molecule has 0 fully saturated rings. The van der Waals surface area contributed by atoms with Crippen molar-refractivity contribution in [3.05, 3.63) is 11.7 Å². The highest BCUT2D eigenvalue weighted by Gasteiger charge is 2.21. The molecule has 17 heavy (non-hydrogen) atoms. The van der Waals surface area contributed by atoms with E-state index in [1.54, 1.807) is 0 Å². The van der Waals surface area contributed by atoms with E-state index in [1.165, 1.54) is 11.8 Å². The molecule has 92 valence electrons. The minimum atomic E-state index is -0.610. The average molecular weight is 255 g/mol. The van der Waals surface area contributed by atoms with Crippen LogP contribution >= 0.6 is 11.8 Å². The summed E-state index contributed by atoms with van der Waals surface area (Å²) in [5, 5.41) is 10.8.